The molecule has 3 heterocycles. The Hall–Kier alpha value is -7.50. The number of benzene rings is 8. The summed E-state index contributed by atoms with van der Waals surface area (Å²) in [5, 5.41) is 8.11. The zero-order valence-electron chi connectivity index (χ0n) is 30.3. The zero-order chi connectivity index (χ0) is 37.0. The summed E-state index contributed by atoms with van der Waals surface area (Å²) >= 11 is 0. The highest BCUT2D eigenvalue weighted by atomic mass is 16.3. The van der Waals surface area contributed by atoms with E-state index in [1.165, 1.54) is 11.1 Å². The molecule has 0 saturated heterocycles. The van der Waals surface area contributed by atoms with E-state index in [0.29, 0.717) is 5.84 Å². The number of fused-ring (bicyclic) bond motifs is 7. The van der Waals surface area contributed by atoms with E-state index in [-0.39, 0.29) is 6.17 Å². The van der Waals surface area contributed by atoms with Crippen LogP contribution in [-0.2, 0) is 0 Å². The predicted octanol–water partition coefficient (Wildman–Crippen LogP) is 12.5. The molecule has 0 fully saturated rings. The minimum Gasteiger partial charge on any atom is -0.454 e. The van der Waals surface area contributed by atoms with Gasteiger partial charge < -0.3 is 14.3 Å². The van der Waals surface area contributed by atoms with Crippen molar-refractivity contribution >= 4 is 55.4 Å². The van der Waals surface area contributed by atoms with Crippen LogP contribution in [0.5, 0.6) is 0 Å². The zero-order valence-corrected chi connectivity index (χ0v) is 30.3. The van der Waals surface area contributed by atoms with E-state index in [4.69, 9.17) is 14.4 Å². The van der Waals surface area contributed by atoms with Crippen LogP contribution < -0.4 is 5.32 Å². The molecular formula is C51H34N4O. The van der Waals surface area contributed by atoms with Crippen molar-refractivity contribution in [2.24, 2.45) is 9.98 Å². The Labute approximate surface area is 323 Å². The Bertz CT molecular complexity index is 3140. The maximum atomic E-state index is 6.76. The largest absolute Gasteiger partial charge is 0.454 e. The fourth-order valence-electron chi connectivity index (χ4n) is 8.17. The van der Waals surface area contributed by atoms with Crippen molar-refractivity contribution in [3.63, 3.8) is 0 Å². The molecule has 1 unspecified atom stereocenters. The normalized spacial score (nSPS) is 14.2. The van der Waals surface area contributed by atoms with Crippen LogP contribution in [0.2, 0.25) is 0 Å². The molecule has 1 aliphatic heterocycles. The lowest BCUT2D eigenvalue weighted by Gasteiger charge is -2.25. The SMILES string of the molecule is c1ccc(C2=NC(c3ccccc3-n3c4ccc(-c5ccccc5)cc4c4ccc5c6ccccc6oc5c43)=NC(c3ccc(-c4ccccc4)cc3)N2)cc1. The molecular weight excluding hydrogens is 685 g/mol. The van der Waals surface area contributed by atoms with Crippen molar-refractivity contribution in [1.29, 1.82) is 0 Å². The number of rotatable bonds is 6. The third kappa shape index (κ3) is 5.32. The second-order valence-electron chi connectivity index (χ2n) is 14.2. The molecule has 264 valence electrons. The van der Waals surface area contributed by atoms with Gasteiger partial charge in [-0.3, -0.25) is 0 Å². The van der Waals surface area contributed by atoms with Gasteiger partial charge in [-0.2, -0.15) is 0 Å². The van der Waals surface area contributed by atoms with Crippen molar-refractivity contribution in [3.8, 4) is 27.9 Å². The summed E-state index contributed by atoms with van der Waals surface area (Å²) in [6.07, 6.45) is -0.357. The van der Waals surface area contributed by atoms with Gasteiger partial charge in [-0.15, -0.1) is 0 Å². The van der Waals surface area contributed by atoms with Crippen LogP contribution in [-0.4, -0.2) is 16.2 Å². The van der Waals surface area contributed by atoms with Crippen molar-refractivity contribution in [2.75, 3.05) is 0 Å². The third-order valence-electron chi connectivity index (χ3n) is 10.9. The number of aromatic nitrogens is 1. The van der Waals surface area contributed by atoms with Gasteiger partial charge in [-0.05, 0) is 64.2 Å². The third-order valence-corrected chi connectivity index (χ3v) is 10.9. The average Bonchev–Trinajstić information content (AvgIpc) is 3.83. The highest BCUT2D eigenvalue weighted by molar-refractivity contribution is 6.23. The predicted molar refractivity (Wildman–Crippen MR) is 231 cm³/mol. The van der Waals surface area contributed by atoms with Gasteiger partial charge in [0.1, 0.15) is 17.6 Å². The Morgan fingerprint density at radius 1 is 0.482 bits per heavy atom. The highest BCUT2D eigenvalue weighted by Crippen LogP contribution is 2.42. The molecule has 11 rings (SSSR count). The van der Waals surface area contributed by atoms with Crippen LogP contribution >= 0.6 is 0 Å². The van der Waals surface area contributed by atoms with E-state index in [1.807, 2.05) is 36.4 Å². The van der Waals surface area contributed by atoms with E-state index in [9.17, 15) is 0 Å². The molecule has 0 bridgehead atoms. The summed E-state index contributed by atoms with van der Waals surface area (Å²) in [6.45, 7) is 0. The molecule has 0 aliphatic carbocycles. The molecule has 1 aliphatic rings. The molecule has 56 heavy (non-hydrogen) atoms. The van der Waals surface area contributed by atoms with Crippen LogP contribution in [0.25, 0.3) is 71.7 Å². The number of hydrogen-bond donors (Lipinski definition) is 1. The first-order chi connectivity index (χ1) is 27.8. The topological polar surface area (TPSA) is 54.8 Å². The number of nitrogens with zero attached hydrogens (tertiary/aromatic N) is 3. The number of hydrogen-bond acceptors (Lipinski definition) is 4. The summed E-state index contributed by atoms with van der Waals surface area (Å²) in [5.41, 5.74) is 12.4. The molecule has 0 radical (unpaired) electrons. The van der Waals surface area contributed by atoms with Gasteiger partial charge in [0.05, 0.1) is 16.7 Å². The standard InChI is InChI=1S/C51H34N4O/c1-4-14-33(15-5-1)35-24-26-37(27-25-35)50-52-49(36-18-8-3-9-19-36)53-51(54-50)42-21-10-12-22-44(42)55-45-31-28-38(34-16-6-2-7-17-34)32-43(45)40-29-30-41-39-20-11-13-23-46(39)56-48(41)47(40)55/h1-32,50H,(H,52,53,54). The number of furan rings is 1. The fourth-order valence-corrected chi connectivity index (χ4v) is 8.17. The first-order valence-electron chi connectivity index (χ1n) is 18.9. The van der Waals surface area contributed by atoms with Crippen molar-refractivity contribution in [2.45, 2.75) is 6.17 Å². The van der Waals surface area contributed by atoms with Gasteiger partial charge in [-0.25, -0.2) is 9.98 Å². The summed E-state index contributed by atoms with van der Waals surface area (Å²) in [5.74, 6) is 1.43. The molecule has 0 spiro atoms. The molecule has 1 atom stereocenters. The average molecular weight is 719 g/mol. The number of amidine groups is 2. The second kappa shape index (κ2) is 13.1. The monoisotopic (exact) mass is 718 g/mol. The second-order valence-corrected chi connectivity index (χ2v) is 14.2. The van der Waals surface area contributed by atoms with E-state index in [2.05, 4.69) is 168 Å². The summed E-state index contributed by atoms with van der Waals surface area (Å²) in [7, 11) is 0. The molecule has 5 nitrogen and oxygen atoms in total. The quantitative estimate of drug-likeness (QED) is 0.186. The molecule has 0 amide bonds. The van der Waals surface area contributed by atoms with E-state index >= 15 is 0 Å². The number of aliphatic imine (C=N–C) groups is 2. The lowest BCUT2D eigenvalue weighted by molar-refractivity contribution is 0.671. The molecule has 1 N–H and O–H groups in total. The molecule has 8 aromatic carbocycles. The molecule has 0 saturated carbocycles. The Morgan fingerprint density at radius 2 is 1.09 bits per heavy atom. The Kier molecular flexibility index (Phi) is 7.49. The fraction of sp³-hybridized carbons (Fsp3) is 0.0196. The van der Waals surface area contributed by atoms with Crippen LogP contribution in [0.4, 0.5) is 0 Å². The Morgan fingerprint density at radius 3 is 1.86 bits per heavy atom. The van der Waals surface area contributed by atoms with Gasteiger partial charge >= 0.3 is 0 Å². The van der Waals surface area contributed by atoms with Crippen LogP contribution in [0.15, 0.2) is 209 Å². The van der Waals surface area contributed by atoms with Crippen molar-refractivity contribution < 1.29 is 4.42 Å². The molecule has 10 aromatic rings. The smallest absolute Gasteiger partial charge is 0.161 e. The highest BCUT2D eigenvalue weighted by Gasteiger charge is 2.25. The summed E-state index contributed by atoms with van der Waals surface area (Å²) in [4.78, 5) is 10.6. The summed E-state index contributed by atoms with van der Waals surface area (Å²) < 4.78 is 9.11. The number of para-hydroxylation sites is 2. The van der Waals surface area contributed by atoms with Gasteiger partial charge in [0.15, 0.2) is 11.4 Å². The molecule has 5 heteroatoms. The minimum absolute atomic E-state index is 0.357. The van der Waals surface area contributed by atoms with Crippen molar-refractivity contribution in [1.82, 2.24) is 9.88 Å². The number of nitrogens with one attached hydrogen (secondary N) is 1. The molecule has 2 aromatic heterocycles. The maximum Gasteiger partial charge on any atom is 0.161 e. The van der Waals surface area contributed by atoms with E-state index in [1.54, 1.807) is 0 Å². The lowest BCUT2D eigenvalue weighted by atomic mass is 10.0. The maximum absolute atomic E-state index is 6.76. The van der Waals surface area contributed by atoms with Crippen molar-refractivity contribution in [3.05, 3.63) is 211 Å². The van der Waals surface area contributed by atoms with Gasteiger partial charge in [0.2, 0.25) is 0 Å². The van der Waals surface area contributed by atoms with Crippen LogP contribution in [0.1, 0.15) is 22.9 Å². The first kappa shape index (κ1) is 32.0. The van der Waals surface area contributed by atoms with Gasteiger partial charge in [-0.1, -0.05) is 158 Å². The first-order valence-corrected chi connectivity index (χ1v) is 18.9. The van der Waals surface area contributed by atoms with Crippen LogP contribution in [0, 0.1) is 0 Å². The van der Waals surface area contributed by atoms with Gasteiger partial charge in [0.25, 0.3) is 0 Å². The van der Waals surface area contributed by atoms with E-state index in [0.717, 1.165) is 83.1 Å². The summed E-state index contributed by atoms with van der Waals surface area (Å²) in [6, 6.07) is 68.0. The van der Waals surface area contributed by atoms with E-state index < -0.39 is 0 Å². The lowest BCUT2D eigenvalue weighted by Crippen LogP contribution is -2.33. The Balaban J connectivity index is 1.14. The minimum atomic E-state index is -0.357. The van der Waals surface area contributed by atoms with Gasteiger partial charge in [0, 0.05) is 32.7 Å². The van der Waals surface area contributed by atoms with Crippen LogP contribution in [0.3, 0.4) is 0 Å².